The second kappa shape index (κ2) is 7.54. The van der Waals surface area contributed by atoms with E-state index < -0.39 is 11.6 Å². The van der Waals surface area contributed by atoms with Crippen LogP contribution in [0, 0.1) is 0 Å². The van der Waals surface area contributed by atoms with Gasteiger partial charge < -0.3 is 20.1 Å². The fraction of sp³-hybridized carbons (Fsp3) is 0.579. The minimum absolute atomic E-state index is 0.109. The molecule has 6 heteroatoms. The molecule has 0 radical (unpaired) electrons. The zero-order chi connectivity index (χ0) is 17.9. The molecule has 2 aliphatic rings. The van der Waals surface area contributed by atoms with Crippen LogP contribution in [0.25, 0.3) is 0 Å². The molecule has 2 amide bonds. The molecule has 2 N–H and O–H groups in total. The topological polar surface area (TPSA) is 76.7 Å². The van der Waals surface area contributed by atoms with Crippen LogP contribution in [-0.2, 0) is 24.6 Å². The molecule has 2 heterocycles. The Morgan fingerprint density at radius 3 is 2.20 bits per heavy atom. The van der Waals surface area contributed by atoms with Crippen molar-refractivity contribution in [3.8, 4) is 0 Å². The number of hydrogen-bond acceptors (Lipinski definition) is 4. The van der Waals surface area contributed by atoms with E-state index in [1.807, 2.05) is 38.1 Å². The summed E-state index contributed by atoms with van der Waals surface area (Å²) in [6.45, 7) is 5.11. The third-order valence-electron chi connectivity index (χ3n) is 4.74. The lowest BCUT2D eigenvalue weighted by atomic mass is 9.92. The van der Waals surface area contributed by atoms with Crippen molar-refractivity contribution in [3.05, 3.63) is 29.8 Å². The number of nitrogens with one attached hydrogen (secondary N) is 2. The molecule has 2 saturated heterocycles. The van der Waals surface area contributed by atoms with Crippen LogP contribution in [0.5, 0.6) is 0 Å². The average Bonchev–Trinajstić information content (AvgIpc) is 3.28. The van der Waals surface area contributed by atoms with Crippen molar-refractivity contribution in [1.82, 2.24) is 5.32 Å². The number of ether oxygens (including phenoxy) is 2. The molecule has 1 aromatic rings. The van der Waals surface area contributed by atoms with E-state index in [1.54, 1.807) is 0 Å². The number of carbonyl (C=O) groups excluding carboxylic acids is 2. The molecule has 6 nitrogen and oxygen atoms in total. The Hall–Kier alpha value is -1.92. The Bertz CT molecular complexity index is 632. The van der Waals surface area contributed by atoms with Crippen LogP contribution in [0.1, 0.15) is 45.1 Å². The summed E-state index contributed by atoms with van der Waals surface area (Å²) in [5, 5.41) is 6.01. The van der Waals surface area contributed by atoms with Gasteiger partial charge in [0.05, 0.1) is 5.54 Å². The normalized spacial score (nSPS) is 23.4. The highest BCUT2D eigenvalue weighted by atomic mass is 16.5. The molecule has 25 heavy (non-hydrogen) atoms. The number of rotatable bonds is 5. The van der Waals surface area contributed by atoms with E-state index in [0.717, 1.165) is 31.2 Å². The zero-order valence-corrected chi connectivity index (χ0v) is 14.8. The predicted molar refractivity (Wildman–Crippen MR) is 94.2 cm³/mol. The van der Waals surface area contributed by atoms with Crippen molar-refractivity contribution >= 4 is 17.5 Å². The fourth-order valence-electron chi connectivity index (χ4n) is 3.38. The average molecular weight is 346 g/mol. The SMILES string of the molecule is CC(C)(NC(=O)[C@H]1CCCO1)c1ccccc1NC(=O)[C@H]1CCCO1. The molecular formula is C19H26N2O4. The number of anilines is 1. The standard InChI is InChI=1S/C19H26N2O4/c1-19(2,21-18(23)16-10-6-12-25-16)13-7-3-4-8-14(13)20-17(22)15-9-5-11-24-15/h3-4,7-8,15-16H,5-6,9-12H2,1-2H3,(H,20,22)(H,21,23)/t15-,16-/m1/s1. The summed E-state index contributed by atoms with van der Waals surface area (Å²) in [4.78, 5) is 24.8. The molecule has 0 aromatic heterocycles. The van der Waals surface area contributed by atoms with E-state index in [9.17, 15) is 9.59 Å². The molecule has 0 saturated carbocycles. The predicted octanol–water partition coefficient (Wildman–Crippen LogP) is 2.33. The number of amides is 2. The van der Waals surface area contributed by atoms with Crippen LogP contribution < -0.4 is 10.6 Å². The first-order valence-electron chi connectivity index (χ1n) is 8.93. The van der Waals surface area contributed by atoms with E-state index in [0.29, 0.717) is 18.9 Å². The van der Waals surface area contributed by atoms with Crippen LogP contribution in [0.15, 0.2) is 24.3 Å². The number of hydrogen-bond donors (Lipinski definition) is 2. The van der Waals surface area contributed by atoms with Crippen LogP contribution in [0.4, 0.5) is 5.69 Å². The Balaban J connectivity index is 1.73. The molecule has 0 bridgehead atoms. The maximum atomic E-state index is 12.4. The molecular weight excluding hydrogens is 320 g/mol. The fourth-order valence-corrected chi connectivity index (χ4v) is 3.38. The molecule has 1 aromatic carbocycles. The second-order valence-corrected chi connectivity index (χ2v) is 7.15. The Labute approximate surface area is 148 Å². The Morgan fingerprint density at radius 1 is 1.00 bits per heavy atom. The number of carbonyl (C=O) groups is 2. The monoisotopic (exact) mass is 346 g/mol. The van der Waals surface area contributed by atoms with Crippen molar-refractivity contribution in [3.63, 3.8) is 0 Å². The number of para-hydroxylation sites is 1. The third-order valence-corrected chi connectivity index (χ3v) is 4.74. The van der Waals surface area contributed by atoms with Gasteiger partial charge in [-0.3, -0.25) is 9.59 Å². The summed E-state index contributed by atoms with van der Waals surface area (Å²) in [6, 6.07) is 7.53. The summed E-state index contributed by atoms with van der Waals surface area (Å²) in [7, 11) is 0. The number of benzene rings is 1. The van der Waals surface area contributed by atoms with Gasteiger partial charge in [0.25, 0.3) is 5.91 Å². The first-order chi connectivity index (χ1) is 12.0. The highest BCUT2D eigenvalue weighted by Crippen LogP contribution is 2.29. The summed E-state index contributed by atoms with van der Waals surface area (Å²) in [5.41, 5.74) is 0.914. The minimum atomic E-state index is -0.635. The van der Waals surface area contributed by atoms with Gasteiger partial charge in [-0.2, -0.15) is 0 Å². The Kier molecular flexibility index (Phi) is 5.39. The van der Waals surface area contributed by atoms with Crippen LogP contribution in [0.2, 0.25) is 0 Å². The first-order valence-corrected chi connectivity index (χ1v) is 8.93. The molecule has 0 spiro atoms. The van der Waals surface area contributed by atoms with Crippen molar-refractivity contribution in [2.24, 2.45) is 0 Å². The van der Waals surface area contributed by atoms with Crippen LogP contribution in [-0.4, -0.2) is 37.2 Å². The van der Waals surface area contributed by atoms with Gasteiger partial charge in [-0.05, 0) is 45.6 Å². The summed E-state index contributed by atoms with van der Waals surface area (Å²) in [6.07, 6.45) is 2.53. The Morgan fingerprint density at radius 2 is 1.60 bits per heavy atom. The van der Waals surface area contributed by atoms with Crippen molar-refractivity contribution in [2.75, 3.05) is 18.5 Å². The molecule has 3 rings (SSSR count). The van der Waals surface area contributed by atoms with E-state index in [1.165, 1.54) is 0 Å². The van der Waals surface area contributed by atoms with Crippen LogP contribution >= 0.6 is 0 Å². The summed E-state index contributed by atoms with van der Waals surface area (Å²) >= 11 is 0. The van der Waals surface area contributed by atoms with Gasteiger partial charge in [-0.25, -0.2) is 0 Å². The maximum Gasteiger partial charge on any atom is 0.253 e. The lowest BCUT2D eigenvalue weighted by Crippen LogP contribution is -2.46. The van der Waals surface area contributed by atoms with Gasteiger partial charge in [-0.15, -0.1) is 0 Å². The maximum absolute atomic E-state index is 12.4. The van der Waals surface area contributed by atoms with E-state index in [2.05, 4.69) is 10.6 Å². The minimum Gasteiger partial charge on any atom is -0.368 e. The van der Waals surface area contributed by atoms with Gasteiger partial charge in [0.1, 0.15) is 12.2 Å². The molecule has 2 aliphatic heterocycles. The smallest absolute Gasteiger partial charge is 0.253 e. The van der Waals surface area contributed by atoms with Gasteiger partial charge in [-0.1, -0.05) is 18.2 Å². The molecule has 0 unspecified atom stereocenters. The van der Waals surface area contributed by atoms with Crippen molar-refractivity contribution in [2.45, 2.75) is 57.3 Å². The summed E-state index contributed by atoms with van der Waals surface area (Å²) < 4.78 is 10.9. The largest absolute Gasteiger partial charge is 0.368 e. The van der Waals surface area contributed by atoms with E-state index in [-0.39, 0.29) is 17.9 Å². The highest BCUT2D eigenvalue weighted by Gasteiger charge is 2.32. The second-order valence-electron chi connectivity index (χ2n) is 7.15. The first kappa shape index (κ1) is 17.9. The summed E-state index contributed by atoms with van der Waals surface area (Å²) in [5.74, 6) is -0.242. The lowest BCUT2D eigenvalue weighted by molar-refractivity contribution is -0.131. The van der Waals surface area contributed by atoms with Crippen LogP contribution in [0.3, 0.4) is 0 Å². The van der Waals surface area contributed by atoms with Crippen molar-refractivity contribution < 1.29 is 19.1 Å². The lowest BCUT2D eigenvalue weighted by Gasteiger charge is -2.30. The molecule has 136 valence electrons. The molecule has 2 fully saturated rings. The van der Waals surface area contributed by atoms with Gasteiger partial charge in [0.15, 0.2) is 0 Å². The van der Waals surface area contributed by atoms with Gasteiger partial charge in [0.2, 0.25) is 5.91 Å². The van der Waals surface area contributed by atoms with E-state index >= 15 is 0 Å². The van der Waals surface area contributed by atoms with Gasteiger partial charge >= 0.3 is 0 Å². The van der Waals surface area contributed by atoms with Gasteiger partial charge in [0, 0.05) is 24.5 Å². The van der Waals surface area contributed by atoms with Crippen molar-refractivity contribution in [1.29, 1.82) is 0 Å². The highest BCUT2D eigenvalue weighted by molar-refractivity contribution is 5.95. The van der Waals surface area contributed by atoms with E-state index in [4.69, 9.17) is 9.47 Å². The quantitative estimate of drug-likeness (QED) is 0.858. The molecule has 2 atom stereocenters. The molecule has 0 aliphatic carbocycles. The zero-order valence-electron chi connectivity index (χ0n) is 14.8. The third kappa shape index (κ3) is 4.19.